The van der Waals surface area contributed by atoms with Crippen molar-refractivity contribution in [3.63, 3.8) is 0 Å². The first-order valence-corrected chi connectivity index (χ1v) is 9.04. The highest BCUT2D eigenvalue weighted by molar-refractivity contribution is 6.31. The summed E-state index contributed by atoms with van der Waals surface area (Å²) in [6.45, 7) is 1.98. The lowest BCUT2D eigenvalue weighted by Gasteiger charge is -2.26. The van der Waals surface area contributed by atoms with Crippen molar-refractivity contribution in [3.8, 4) is 5.75 Å². The van der Waals surface area contributed by atoms with Gasteiger partial charge in [0.2, 0.25) is 5.91 Å². The molecule has 2 atom stereocenters. The number of para-hydroxylation sites is 1. The van der Waals surface area contributed by atoms with Gasteiger partial charge < -0.3 is 20.1 Å². The van der Waals surface area contributed by atoms with E-state index in [4.69, 9.17) is 21.1 Å². The molecule has 0 radical (unpaired) electrons. The molecule has 1 heterocycles. The van der Waals surface area contributed by atoms with Crippen molar-refractivity contribution in [2.45, 2.75) is 18.5 Å². The standard InChI is InChI=1S/C20H23ClN2O3.ClH/c1-25-18-9-5-3-7-16(18)20(15-6-2-4-8-17(15)21)23-19(24)12-14-13-26-11-10-22-14;/h2-9,14,20,22H,10-13H2,1H3,(H,23,24);1H. The maximum atomic E-state index is 12.7. The number of methoxy groups -OCH3 is 1. The topological polar surface area (TPSA) is 59.6 Å². The largest absolute Gasteiger partial charge is 0.496 e. The Kier molecular flexibility index (Phi) is 8.38. The highest BCUT2D eigenvalue weighted by Gasteiger charge is 2.24. The van der Waals surface area contributed by atoms with Crippen LogP contribution in [0.2, 0.25) is 5.02 Å². The summed E-state index contributed by atoms with van der Waals surface area (Å²) < 4.78 is 10.9. The maximum absolute atomic E-state index is 12.7. The molecule has 2 aromatic carbocycles. The van der Waals surface area contributed by atoms with Crippen LogP contribution in [0.25, 0.3) is 0 Å². The number of carbonyl (C=O) groups is 1. The second-order valence-electron chi connectivity index (χ2n) is 6.19. The highest BCUT2D eigenvalue weighted by Crippen LogP contribution is 2.33. The van der Waals surface area contributed by atoms with Crippen molar-refractivity contribution >= 4 is 29.9 Å². The zero-order valence-corrected chi connectivity index (χ0v) is 16.7. The molecule has 2 unspecified atom stereocenters. The van der Waals surface area contributed by atoms with Crippen LogP contribution in [-0.2, 0) is 9.53 Å². The summed E-state index contributed by atoms with van der Waals surface area (Å²) in [5.74, 6) is 0.640. The van der Waals surface area contributed by atoms with E-state index in [1.807, 2.05) is 48.5 Å². The Hall–Kier alpha value is -1.79. The van der Waals surface area contributed by atoms with E-state index >= 15 is 0 Å². The van der Waals surface area contributed by atoms with Crippen LogP contribution < -0.4 is 15.4 Å². The van der Waals surface area contributed by atoms with E-state index in [-0.39, 0.29) is 24.4 Å². The number of rotatable bonds is 6. The molecule has 0 aromatic heterocycles. The van der Waals surface area contributed by atoms with E-state index in [2.05, 4.69) is 10.6 Å². The number of hydrogen-bond donors (Lipinski definition) is 2. The predicted octanol–water partition coefficient (Wildman–Crippen LogP) is 3.35. The number of amides is 1. The summed E-state index contributed by atoms with van der Waals surface area (Å²) in [5, 5.41) is 7.01. The van der Waals surface area contributed by atoms with Crippen LogP contribution in [0.15, 0.2) is 48.5 Å². The van der Waals surface area contributed by atoms with E-state index in [0.717, 1.165) is 17.7 Å². The molecule has 1 aliphatic heterocycles. The van der Waals surface area contributed by atoms with Crippen LogP contribution >= 0.6 is 24.0 Å². The highest BCUT2D eigenvalue weighted by atomic mass is 35.5. The van der Waals surface area contributed by atoms with E-state index in [1.165, 1.54) is 0 Å². The molecule has 1 fully saturated rings. The van der Waals surface area contributed by atoms with Crippen LogP contribution in [0.1, 0.15) is 23.6 Å². The fourth-order valence-electron chi connectivity index (χ4n) is 3.13. The summed E-state index contributed by atoms with van der Waals surface area (Å²) in [6.07, 6.45) is 0.343. The molecule has 2 N–H and O–H groups in total. The Labute approximate surface area is 170 Å². The van der Waals surface area contributed by atoms with E-state index in [1.54, 1.807) is 7.11 Å². The number of carbonyl (C=O) groups excluding carboxylic acids is 1. The van der Waals surface area contributed by atoms with Crippen LogP contribution in [0, 0.1) is 0 Å². The molecule has 27 heavy (non-hydrogen) atoms. The molecule has 0 saturated carbocycles. The van der Waals surface area contributed by atoms with Gasteiger partial charge in [0.25, 0.3) is 0 Å². The Bertz CT molecular complexity index is 752. The molecule has 1 saturated heterocycles. The van der Waals surface area contributed by atoms with Crippen molar-refractivity contribution < 1.29 is 14.3 Å². The molecule has 5 nitrogen and oxygen atoms in total. The van der Waals surface area contributed by atoms with E-state index in [9.17, 15) is 4.79 Å². The molecule has 3 rings (SSSR count). The number of halogens is 2. The lowest BCUT2D eigenvalue weighted by Crippen LogP contribution is -2.44. The van der Waals surface area contributed by atoms with Gasteiger partial charge in [-0.2, -0.15) is 0 Å². The SMILES string of the molecule is COc1ccccc1C(NC(=O)CC1COCCN1)c1ccccc1Cl.Cl. The van der Waals surface area contributed by atoms with Crippen molar-refractivity contribution in [1.29, 1.82) is 0 Å². The molecule has 1 aliphatic rings. The number of ether oxygens (including phenoxy) is 2. The lowest BCUT2D eigenvalue weighted by atomic mass is 9.97. The summed E-state index contributed by atoms with van der Waals surface area (Å²) in [5.41, 5.74) is 1.70. The third-order valence-corrected chi connectivity index (χ3v) is 4.75. The van der Waals surface area contributed by atoms with Gasteiger partial charge in [0, 0.05) is 29.6 Å². The fourth-order valence-corrected chi connectivity index (χ4v) is 3.38. The molecule has 0 bridgehead atoms. The van der Waals surface area contributed by atoms with Gasteiger partial charge in [0.1, 0.15) is 5.75 Å². The van der Waals surface area contributed by atoms with Crippen LogP contribution in [0.5, 0.6) is 5.75 Å². The van der Waals surface area contributed by atoms with Gasteiger partial charge in [-0.05, 0) is 17.7 Å². The third-order valence-electron chi connectivity index (χ3n) is 4.40. The Morgan fingerprint density at radius 1 is 1.26 bits per heavy atom. The molecule has 0 spiro atoms. The minimum absolute atomic E-state index is 0. The second-order valence-corrected chi connectivity index (χ2v) is 6.60. The van der Waals surface area contributed by atoms with Crippen molar-refractivity contribution in [2.75, 3.05) is 26.9 Å². The first kappa shape index (κ1) is 21.5. The fraction of sp³-hybridized carbons (Fsp3) is 0.350. The molecule has 2 aromatic rings. The van der Waals surface area contributed by atoms with Gasteiger partial charge in [-0.1, -0.05) is 48.0 Å². The zero-order chi connectivity index (χ0) is 18.4. The van der Waals surface area contributed by atoms with E-state index in [0.29, 0.717) is 30.4 Å². The quantitative estimate of drug-likeness (QED) is 0.766. The van der Waals surface area contributed by atoms with E-state index < -0.39 is 6.04 Å². The summed E-state index contributed by atoms with van der Waals surface area (Å²) in [6, 6.07) is 14.8. The average Bonchev–Trinajstić information content (AvgIpc) is 2.67. The second kappa shape index (κ2) is 10.5. The first-order chi connectivity index (χ1) is 12.7. The number of morpholine rings is 1. The van der Waals surface area contributed by atoms with Crippen LogP contribution in [-0.4, -0.2) is 38.8 Å². The summed E-state index contributed by atoms with van der Waals surface area (Å²) in [7, 11) is 1.62. The van der Waals surface area contributed by atoms with Crippen molar-refractivity contribution in [3.05, 3.63) is 64.7 Å². The van der Waals surface area contributed by atoms with Gasteiger partial charge >= 0.3 is 0 Å². The van der Waals surface area contributed by atoms with Crippen LogP contribution in [0.4, 0.5) is 0 Å². The van der Waals surface area contributed by atoms with Crippen LogP contribution in [0.3, 0.4) is 0 Å². The minimum atomic E-state index is -0.392. The third kappa shape index (κ3) is 5.59. The smallest absolute Gasteiger partial charge is 0.222 e. The lowest BCUT2D eigenvalue weighted by molar-refractivity contribution is -0.122. The molecular formula is C20H24Cl2N2O3. The van der Waals surface area contributed by atoms with Crippen molar-refractivity contribution in [1.82, 2.24) is 10.6 Å². The van der Waals surface area contributed by atoms with Gasteiger partial charge in [-0.15, -0.1) is 12.4 Å². The summed E-state index contributed by atoms with van der Waals surface area (Å²) in [4.78, 5) is 12.7. The van der Waals surface area contributed by atoms with Gasteiger partial charge in [0.05, 0.1) is 26.4 Å². The maximum Gasteiger partial charge on any atom is 0.222 e. The van der Waals surface area contributed by atoms with Gasteiger partial charge in [0.15, 0.2) is 0 Å². The molecule has 7 heteroatoms. The zero-order valence-electron chi connectivity index (χ0n) is 15.1. The van der Waals surface area contributed by atoms with Gasteiger partial charge in [-0.3, -0.25) is 4.79 Å². The monoisotopic (exact) mass is 410 g/mol. The van der Waals surface area contributed by atoms with Gasteiger partial charge in [-0.25, -0.2) is 0 Å². The Morgan fingerprint density at radius 2 is 1.96 bits per heavy atom. The minimum Gasteiger partial charge on any atom is -0.496 e. The molecule has 1 amide bonds. The number of hydrogen-bond acceptors (Lipinski definition) is 4. The predicted molar refractivity (Wildman–Crippen MR) is 109 cm³/mol. The summed E-state index contributed by atoms with van der Waals surface area (Å²) >= 11 is 6.42. The molecule has 0 aliphatic carbocycles. The number of benzene rings is 2. The van der Waals surface area contributed by atoms with Crippen molar-refractivity contribution in [2.24, 2.45) is 0 Å². The molecular weight excluding hydrogens is 387 g/mol. The average molecular weight is 411 g/mol. The first-order valence-electron chi connectivity index (χ1n) is 8.67. The Balaban J connectivity index is 0.00000261. The normalized spacial score (nSPS) is 17.5. The number of nitrogens with one attached hydrogen (secondary N) is 2. The Morgan fingerprint density at radius 3 is 2.63 bits per heavy atom. The molecule has 146 valence electrons.